The van der Waals surface area contributed by atoms with Crippen LogP contribution in [0.4, 0.5) is 0 Å². The summed E-state index contributed by atoms with van der Waals surface area (Å²) >= 11 is 3.32. The number of hydrogen-bond acceptors (Lipinski definition) is 2. The molecule has 1 aliphatic carbocycles. The van der Waals surface area contributed by atoms with Crippen LogP contribution in [0.15, 0.2) is 26.8 Å². The summed E-state index contributed by atoms with van der Waals surface area (Å²) in [5.74, 6) is 1.48. The lowest BCUT2D eigenvalue weighted by molar-refractivity contribution is 0.529. The zero-order chi connectivity index (χ0) is 11.5. The molecule has 0 radical (unpaired) electrons. The van der Waals surface area contributed by atoms with E-state index in [1.54, 1.807) is 0 Å². The fourth-order valence-electron chi connectivity index (χ4n) is 1.56. The van der Waals surface area contributed by atoms with E-state index < -0.39 is 0 Å². The zero-order valence-electron chi connectivity index (χ0n) is 9.79. The molecule has 88 valence electrons. The van der Waals surface area contributed by atoms with Gasteiger partial charge in [-0.25, -0.2) is 0 Å². The van der Waals surface area contributed by atoms with E-state index in [4.69, 9.17) is 4.42 Å². The lowest BCUT2D eigenvalue weighted by atomic mass is 10.0. The minimum Gasteiger partial charge on any atom is -0.450 e. The van der Waals surface area contributed by atoms with E-state index in [0.29, 0.717) is 5.92 Å². The molecule has 0 atom stereocenters. The van der Waals surface area contributed by atoms with Crippen molar-refractivity contribution >= 4 is 22.0 Å². The highest BCUT2D eigenvalue weighted by Crippen LogP contribution is 2.22. The van der Waals surface area contributed by atoms with Gasteiger partial charge < -0.3 is 9.73 Å². The summed E-state index contributed by atoms with van der Waals surface area (Å²) in [6.45, 7) is 5.41. The summed E-state index contributed by atoms with van der Waals surface area (Å²) in [5, 5.41) is 3.54. The third-order valence-electron chi connectivity index (χ3n) is 2.84. The molecule has 1 N–H and O–H groups in total. The Morgan fingerprint density at radius 1 is 1.56 bits per heavy atom. The molecule has 0 amide bonds. The van der Waals surface area contributed by atoms with Gasteiger partial charge in [-0.1, -0.05) is 19.4 Å². The minimum atomic E-state index is 0.551. The topological polar surface area (TPSA) is 25.2 Å². The van der Waals surface area contributed by atoms with E-state index in [2.05, 4.69) is 41.2 Å². The van der Waals surface area contributed by atoms with Crippen LogP contribution in [0.3, 0.4) is 0 Å². The van der Waals surface area contributed by atoms with Gasteiger partial charge in [0.1, 0.15) is 5.76 Å². The Kier molecular flexibility index (Phi) is 3.87. The second-order valence-corrected chi connectivity index (χ2v) is 5.45. The molecule has 2 rings (SSSR count). The molecule has 3 heteroatoms. The molecule has 1 saturated carbocycles. The van der Waals surface area contributed by atoms with Crippen molar-refractivity contribution in [1.82, 2.24) is 5.32 Å². The van der Waals surface area contributed by atoms with Crippen LogP contribution in [0.2, 0.25) is 0 Å². The van der Waals surface area contributed by atoms with Gasteiger partial charge in [0, 0.05) is 12.6 Å². The van der Waals surface area contributed by atoms with Crippen molar-refractivity contribution in [1.29, 1.82) is 0 Å². The van der Waals surface area contributed by atoms with Gasteiger partial charge in [0.25, 0.3) is 0 Å². The summed E-state index contributed by atoms with van der Waals surface area (Å²) in [7, 11) is 0. The van der Waals surface area contributed by atoms with Crippen molar-refractivity contribution in [2.24, 2.45) is 5.92 Å². The van der Waals surface area contributed by atoms with Crippen LogP contribution in [-0.4, -0.2) is 12.6 Å². The van der Waals surface area contributed by atoms with Crippen molar-refractivity contribution in [3.05, 3.63) is 28.1 Å². The van der Waals surface area contributed by atoms with Crippen LogP contribution < -0.4 is 5.32 Å². The van der Waals surface area contributed by atoms with Crippen LogP contribution in [0.5, 0.6) is 0 Å². The van der Waals surface area contributed by atoms with Crippen LogP contribution in [0.25, 0.3) is 6.08 Å². The summed E-state index contributed by atoms with van der Waals surface area (Å²) in [5.41, 5.74) is 1.40. The fraction of sp³-hybridized carbons (Fsp3) is 0.538. The van der Waals surface area contributed by atoms with E-state index in [-0.39, 0.29) is 0 Å². The van der Waals surface area contributed by atoms with Gasteiger partial charge >= 0.3 is 0 Å². The van der Waals surface area contributed by atoms with Gasteiger partial charge in [-0.15, -0.1) is 0 Å². The maximum Gasteiger partial charge on any atom is 0.169 e. The molecular formula is C13H18BrNO. The molecule has 0 aromatic carbocycles. The standard InChI is InChI=1S/C13H18BrNO/c1-9(2)10(8-15-11-3-4-11)7-12-5-6-13(14)16-12/h5-7,9,11,15H,3-4,8H2,1-2H3. The Bertz CT molecular complexity index is 377. The number of furan rings is 1. The third kappa shape index (κ3) is 3.49. The number of halogens is 1. The highest BCUT2D eigenvalue weighted by molar-refractivity contribution is 9.10. The predicted molar refractivity (Wildman–Crippen MR) is 70.2 cm³/mol. The molecule has 0 unspecified atom stereocenters. The van der Waals surface area contributed by atoms with Crippen LogP contribution >= 0.6 is 15.9 Å². The molecule has 0 bridgehead atoms. The predicted octanol–water partition coefficient (Wildman–Crippen LogP) is 3.83. The molecule has 0 saturated heterocycles. The maximum atomic E-state index is 5.50. The monoisotopic (exact) mass is 283 g/mol. The molecule has 1 heterocycles. The second-order valence-electron chi connectivity index (χ2n) is 4.67. The Morgan fingerprint density at radius 3 is 2.81 bits per heavy atom. The van der Waals surface area contributed by atoms with Crippen LogP contribution in [0, 0.1) is 5.92 Å². The zero-order valence-corrected chi connectivity index (χ0v) is 11.4. The average Bonchev–Trinajstić information content (AvgIpc) is 2.96. The quantitative estimate of drug-likeness (QED) is 0.888. The van der Waals surface area contributed by atoms with Crippen LogP contribution in [-0.2, 0) is 0 Å². The van der Waals surface area contributed by atoms with Crippen molar-refractivity contribution in [3.8, 4) is 0 Å². The number of nitrogens with one attached hydrogen (secondary N) is 1. The molecule has 1 fully saturated rings. The van der Waals surface area contributed by atoms with E-state index >= 15 is 0 Å². The van der Waals surface area contributed by atoms with Gasteiger partial charge in [0.05, 0.1) is 0 Å². The average molecular weight is 284 g/mol. The van der Waals surface area contributed by atoms with Crippen molar-refractivity contribution in [3.63, 3.8) is 0 Å². The van der Waals surface area contributed by atoms with Gasteiger partial charge in [-0.3, -0.25) is 0 Å². The molecule has 0 aliphatic heterocycles. The third-order valence-corrected chi connectivity index (χ3v) is 3.26. The first-order valence-electron chi connectivity index (χ1n) is 5.84. The molecule has 2 nitrogen and oxygen atoms in total. The molecule has 1 aromatic heterocycles. The minimum absolute atomic E-state index is 0.551. The maximum absolute atomic E-state index is 5.50. The first kappa shape index (κ1) is 11.9. The molecule has 0 spiro atoms. The lowest BCUT2D eigenvalue weighted by Gasteiger charge is -2.11. The normalized spacial score (nSPS) is 17.1. The first-order valence-corrected chi connectivity index (χ1v) is 6.63. The summed E-state index contributed by atoms with van der Waals surface area (Å²) < 4.78 is 6.29. The van der Waals surface area contributed by atoms with Gasteiger partial charge in [-0.2, -0.15) is 0 Å². The Morgan fingerprint density at radius 2 is 2.31 bits per heavy atom. The van der Waals surface area contributed by atoms with E-state index in [0.717, 1.165) is 23.0 Å². The van der Waals surface area contributed by atoms with Crippen molar-refractivity contribution in [2.75, 3.05) is 6.54 Å². The van der Waals surface area contributed by atoms with Crippen molar-refractivity contribution < 1.29 is 4.42 Å². The smallest absolute Gasteiger partial charge is 0.169 e. The SMILES string of the molecule is CC(C)C(=Cc1ccc(Br)o1)CNC1CC1. The fourth-order valence-corrected chi connectivity index (χ4v) is 1.88. The van der Waals surface area contributed by atoms with E-state index in [1.165, 1.54) is 18.4 Å². The summed E-state index contributed by atoms with van der Waals surface area (Å²) in [6, 6.07) is 4.67. The Balaban J connectivity index is 2.01. The molecular weight excluding hydrogens is 266 g/mol. The summed E-state index contributed by atoms with van der Waals surface area (Å²) in [6.07, 6.45) is 4.81. The van der Waals surface area contributed by atoms with Crippen molar-refractivity contribution in [2.45, 2.75) is 32.7 Å². The summed E-state index contributed by atoms with van der Waals surface area (Å²) in [4.78, 5) is 0. The van der Waals surface area contributed by atoms with Gasteiger partial charge in [-0.05, 0) is 52.9 Å². The Labute approximate surface area is 105 Å². The molecule has 1 aliphatic rings. The lowest BCUT2D eigenvalue weighted by Crippen LogP contribution is -2.21. The number of rotatable bonds is 5. The second kappa shape index (κ2) is 5.19. The van der Waals surface area contributed by atoms with Gasteiger partial charge in [0.2, 0.25) is 0 Å². The van der Waals surface area contributed by atoms with Crippen LogP contribution in [0.1, 0.15) is 32.4 Å². The van der Waals surface area contributed by atoms with Gasteiger partial charge in [0.15, 0.2) is 4.67 Å². The van der Waals surface area contributed by atoms with E-state index in [1.807, 2.05) is 12.1 Å². The highest BCUT2D eigenvalue weighted by Gasteiger charge is 2.20. The highest BCUT2D eigenvalue weighted by atomic mass is 79.9. The Hall–Kier alpha value is -0.540. The molecule has 1 aromatic rings. The largest absolute Gasteiger partial charge is 0.450 e. The molecule has 16 heavy (non-hydrogen) atoms. The van der Waals surface area contributed by atoms with E-state index in [9.17, 15) is 0 Å². The number of hydrogen-bond donors (Lipinski definition) is 1. The first-order chi connectivity index (χ1) is 7.65.